The minimum Gasteiger partial charge on any atom is -0.380 e. The lowest BCUT2D eigenvalue weighted by molar-refractivity contribution is 0.0839. The standard InChI is InChI=1S/C16H34N2O/c1-13(11-17-16(3,4)5)14(2)18(6)9-10-19-12-15-7-8-15/h13-15,17H,7-12H2,1-6H3. The maximum Gasteiger partial charge on any atom is 0.0593 e. The van der Waals surface area contributed by atoms with E-state index in [1.54, 1.807) is 0 Å². The van der Waals surface area contributed by atoms with Gasteiger partial charge in [0.1, 0.15) is 0 Å². The summed E-state index contributed by atoms with van der Waals surface area (Å²) in [5.41, 5.74) is 0.208. The fraction of sp³-hybridized carbons (Fsp3) is 1.00. The number of likely N-dealkylation sites (N-methyl/N-ethyl adjacent to an activating group) is 1. The second kappa shape index (κ2) is 7.61. The molecule has 3 nitrogen and oxygen atoms in total. The molecule has 1 aliphatic carbocycles. The van der Waals surface area contributed by atoms with Crippen molar-refractivity contribution in [3.05, 3.63) is 0 Å². The van der Waals surface area contributed by atoms with Gasteiger partial charge in [-0.05, 0) is 66.0 Å². The largest absolute Gasteiger partial charge is 0.380 e. The molecule has 1 aliphatic rings. The molecule has 1 rings (SSSR count). The van der Waals surface area contributed by atoms with Crippen LogP contribution in [0.2, 0.25) is 0 Å². The first-order chi connectivity index (χ1) is 8.79. The van der Waals surface area contributed by atoms with Gasteiger partial charge >= 0.3 is 0 Å². The molecular formula is C16H34N2O. The molecule has 0 aromatic rings. The van der Waals surface area contributed by atoms with Crippen LogP contribution in [0.15, 0.2) is 0 Å². The Morgan fingerprint density at radius 3 is 2.42 bits per heavy atom. The van der Waals surface area contributed by atoms with Crippen molar-refractivity contribution in [2.24, 2.45) is 11.8 Å². The number of hydrogen-bond acceptors (Lipinski definition) is 3. The molecule has 3 heteroatoms. The average molecular weight is 270 g/mol. The number of nitrogens with zero attached hydrogens (tertiary/aromatic N) is 1. The molecule has 0 heterocycles. The highest BCUT2D eigenvalue weighted by Gasteiger charge is 2.22. The van der Waals surface area contributed by atoms with Crippen molar-refractivity contribution >= 4 is 0 Å². The van der Waals surface area contributed by atoms with Crippen LogP contribution in [-0.4, -0.2) is 49.8 Å². The van der Waals surface area contributed by atoms with Gasteiger partial charge in [0.25, 0.3) is 0 Å². The van der Waals surface area contributed by atoms with E-state index in [4.69, 9.17) is 4.74 Å². The SMILES string of the molecule is CC(CNC(C)(C)C)C(C)N(C)CCOCC1CC1. The zero-order valence-electron chi connectivity index (χ0n) is 13.8. The molecule has 0 aromatic heterocycles. The predicted molar refractivity (Wildman–Crippen MR) is 82.6 cm³/mol. The smallest absolute Gasteiger partial charge is 0.0593 e. The van der Waals surface area contributed by atoms with Crippen LogP contribution < -0.4 is 5.32 Å². The van der Waals surface area contributed by atoms with E-state index in [2.05, 4.69) is 51.9 Å². The molecule has 0 radical (unpaired) electrons. The molecule has 1 fully saturated rings. The quantitative estimate of drug-likeness (QED) is 0.652. The molecule has 0 bridgehead atoms. The summed E-state index contributed by atoms with van der Waals surface area (Å²) in [6.07, 6.45) is 2.75. The van der Waals surface area contributed by atoms with Gasteiger partial charge in [-0.25, -0.2) is 0 Å². The fourth-order valence-corrected chi connectivity index (χ4v) is 2.02. The Kier molecular flexibility index (Phi) is 6.78. The number of nitrogens with one attached hydrogen (secondary N) is 1. The third-order valence-corrected chi connectivity index (χ3v) is 4.11. The van der Waals surface area contributed by atoms with Crippen molar-refractivity contribution in [1.82, 2.24) is 10.2 Å². The van der Waals surface area contributed by atoms with E-state index in [0.29, 0.717) is 12.0 Å². The third-order valence-electron chi connectivity index (χ3n) is 4.11. The highest BCUT2D eigenvalue weighted by molar-refractivity contribution is 4.77. The van der Waals surface area contributed by atoms with E-state index in [1.165, 1.54) is 12.8 Å². The van der Waals surface area contributed by atoms with Gasteiger partial charge in [-0.2, -0.15) is 0 Å². The molecule has 1 N–H and O–H groups in total. The Labute approximate surface area is 120 Å². The first-order valence-electron chi connectivity index (χ1n) is 7.82. The lowest BCUT2D eigenvalue weighted by Crippen LogP contribution is -2.45. The summed E-state index contributed by atoms with van der Waals surface area (Å²) in [7, 11) is 2.21. The molecule has 0 spiro atoms. The van der Waals surface area contributed by atoms with E-state index in [9.17, 15) is 0 Å². The monoisotopic (exact) mass is 270 g/mol. The lowest BCUT2D eigenvalue weighted by atomic mass is 10.0. The Morgan fingerprint density at radius 2 is 1.89 bits per heavy atom. The molecular weight excluding hydrogens is 236 g/mol. The van der Waals surface area contributed by atoms with Crippen molar-refractivity contribution < 1.29 is 4.74 Å². The third kappa shape index (κ3) is 7.91. The van der Waals surface area contributed by atoms with Crippen LogP contribution in [0.1, 0.15) is 47.5 Å². The molecule has 0 amide bonds. The Bertz CT molecular complexity index is 246. The van der Waals surface area contributed by atoms with Crippen molar-refractivity contribution in [2.45, 2.75) is 59.0 Å². The van der Waals surface area contributed by atoms with Gasteiger partial charge in [-0.15, -0.1) is 0 Å². The maximum absolute atomic E-state index is 5.72. The molecule has 0 aromatic carbocycles. The van der Waals surface area contributed by atoms with E-state index in [1.807, 2.05) is 0 Å². The van der Waals surface area contributed by atoms with Gasteiger partial charge in [0.05, 0.1) is 6.61 Å². The van der Waals surface area contributed by atoms with Crippen molar-refractivity contribution in [3.8, 4) is 0 Å². The highest BCUT2D eigenvalue weighted by Crippen LogP contribution is 2.28. The summed E-state index contributed by atoms with van der Waals surface area (Å²) in [5.74, 6) is 1.52. The van der Waals surface area contributed by atoms with Gasteiger partial charge < -0.3 is 15.0 Å². The molecule has 19 heavy (non-hydrogen) atoms. The minimum absolute atomic E-state index is 0.208. The normalized spacial score (nSPS) is 19.7. The average Bonchev–Trinajstić information content (AvgIpc) is 3.13. The van der Waals surface area contributed by atoms with E-state index in [-0.39, 0.29) is 5.54 Å². The van der Waals surface area contributed by atoms with Crippen molar-refractivity contribution in [1.29, 1.82) is 0 Å². The maximum atomic E-state index is 5.72. The van der Waals surface area contributed by atoms with E-state index >= 15 is 0 Å². The van der Waals surface area contributed by atoms with E-state index in [0.717, 1.165) is 32.2 Å². The van der Waals surface area contributed by atoms with Crippen molar-refractivity contribution in [3.63, 3.8) is 0 Å². The second-order valence-electron chi connectivity index (χ2n) is 7.35. The summed E-state index contributed by atoms with van der Waals surface area (Å²) in [6, 6.07) is 0.583. The van der Waals surface area contributed by atoms with Crippen LogP contribution in [0, 0.1) is 11.8 Å². The van der Waals surface area contributed by atoms with Crippen LogP contribution >= 0.6 is 0 Å². The van der Waals surface area contributed by atoms with Crippen LogP contribution in [0.25, 0.3) is 0 Å². The molecule has 2 unspecified atom stereocenters. The molecule has 114 valence electrons. The number of ether oxygens (including phenoxy) is 1. The summed E-state index contributed by atoms with van der Waals surface area (Å²) < 4.78 is 5.72. The zero-order chi connectivity index (χ0) is 14.5. The Balaban J connectivity index is 2.12. The molecule has 0 aliphatic heterocycles. The van der Waals surface area contributed by atoms with Crippen LogP contribution in [-0.2, 0) is 4.74 Å². The summed E-state index contributed by atoms with van der Waals surface area (Å²) in [6.45, 7) is 15.3. The predicted octanol–water partition coefficient (Wildman–Crippen LogP) is 2.76. The molecule has 2 atom stereocenters. The first kappa shape index (κ1) is 16.9. The lowest BCUT2D eigenvalue weighted by Gasteiger charge is -2.32. The van der Waals surface area contributed by atoms with Gasteiger partial charge in [0.15, 0.2) is 0 Å². The molecule has 0 saturated heterocycles. The summed E-state index contributed by atoms with van der Waals surface area (Å²) in [5, 5.41) is 3.59. The Morgan fingerprint density at radius 1 is 1.26 bits per heavy atom. The van der Waals surface area contributed by atoms with Crippen LogP contribution in [0.5, 0.6) is 0 Å². The first-order valence-corrected chi connectivity index (χ1v) is 7.82. The topological polar surface area (TPSA) is 24.5 Å². The number of hydrogen-bond donors (Lipinski definition) is 1. The number of rotatable bonds is 9. The summed E-state index contributed by atoms with van der Waals surface area (Å²) >= 11 is 0. The molecule has 1 saturated carbocycles. The van der Waals surface area contributed by atoms with Gasteiger partial charge in [0.2, 0.25) is 0 Å². The van der Waals surface area contributed by atoms with Gasteiger partial charge in [-0.1, -0.05) is 6.92 Å². The van der Waals surface area contributed by atoms with Crippen LogP contribution in [0.3, 0.4) is 0 Å². The Hall–Kier alpha value is -0.120. The second-order valence-corrected chi connectivity index (χ2v) is 7.35. The van der Waals surface area contributed by atoms with Gasteiger partial charge in [-0.3, -0.25) is 0 Å². The minimum atomic E-state index is 0.208. The van der Waals surface area contributed by atoms with E-state index < -0.39 is 0 Å². The zero-order valence-corrected chi connectivity index (χ0v) is 13.8. The van der Waals surface area contributed by atoms with Crippen molar-refractivity contribution in [2.75, 3.05) is 33.4 Å². The highest BCUT2D eigenvalue weighted by atomic mass is 16.5. The van der Waals surface area contributed by atoms with Gasteiger partial charge in [0, 0.05) is 24.7 Å². The fourth-order valence-electron chi connectivity index (χ4n) is 2.02. The summed E-state index contributed by atoms with van der Waals surface area (Å²) in [4.78, 5) is 2.42. The van der Waals surface area contributed by atoms with Crippen LogP contribution in [0.4, 0.5) is 0 Å².